The molecule has 2 N–H and O–H groups in total. The fraction of sp³-hybridized carbons (Fsp3) is 0.950. The van der Waals surface area contributed by atoms with Crippen LogP contribution in [0.4, 0.5) is 0 Å². The van der Waals surface area contributed by atoms with E-state index >= 15 is 0 Å². The first-order valence-corrected chi connectivity index (χ1v) is 10.6. The van der Waals surface area contributed by atoms with Crippen LogP contribution in [-0.4, -0.2) is 74.7 Å². The molecule has 0 saturated carbocycles. The number of hydrogen-bond donors (Lipinski definition) is 2. The van der Waals surface area contributed by atoms with E-state index in [0.29, 0.717) is 5.54 Å². The summed E-state index contributed by atoms with van der Waals surface area (Å²) in [4.78, 5) is 9.70. The summed E-state index contributed by atoms with van der Waals surface area (Å²) in [6, 6.07) is 0. The van der Waals surface area contributed by atoms with Crippen molar-refractivity contribution in [2.75, 3.05) is 53.4 Å². The zero-order chi connectivity index (χ0) is 18.0. The summed E-state index contributed by atoms with van der Waals surface area (Å²) < 4.78 is 0. The molecular weight excluding hydrogens is 437 g/mol. The van der Waals surface area contributed by atoms with Crippen molar-refractivity contribution in [1.82, 2.24) is 20.4 Å². The van der Waals surface area contributed by atoms with E-state index in [2.05, 4.69) is 39.4 Å². The molecule has 0 bridgehead atoms. The molecule has 2 rings (SSSR count). The van der Waals surface area contributed by atoms with E-state index in [1.807, 2.05) is 7.05 Å². The molecule has 0 unspecified atom stereocenters. The highest BCUT2D eigenvalue weighted by Crippen LogP contribution is 2.30. The average molecular weight is 479 g/mol. The van der Waals surface area contributed by atoms with Gasteiger partial charge in [-0.05, 0) is 65.3 Å². The van der Waals surface area contributed by atoms with Gasteiger partial charge in [0, 0.05) is 25.7 Å². The summed E-state index contributed by atoms with van der Waals surface area (Å²) in [5.74, 6) is 0.979. The number of nitrogens with zero attached hydrogens (tertiary/aromatic N) is 3. The topological polar surface area (TPSA) is 42.9 Å². The Kier molecular flexibility index (Phi) is 12.1. The first-order chi connectivity index (χ1) is 12.2. The van der Waals surface area contributed by atoms with Crippen molar-refractivity contribution >= 4 is 29.9 Å². The van der Waals surface area contributed by atoms with Crippen LogP contribution < -0.4 is 10.6 Å². The van der Waals surface area contributed by atoms with Crippen LogP contribution in [0.2, 0.25) is 0 Å². The Hall–Kier alpha value is -0.0800. The molecule has 2 aliphatic rings. The fourth-order valence-corrected chi connectivity index (χ4v) is 4.24. The Balaban J connectivity index is 0.00000338. The van der Waals surface area contributed by atoms with Gasteiger partial charge in [0.15, 0.2) is 5.96 Å². The number of hydrogen-bond acceptors (Lipinski definition) is 3. The maximum absolute atomic E-state index is 4.45. The molecule has 5 nitrogen and oxygen atoms in total. The highest BCUT2D eigenvalue weighted by atomic mass is 127. The molecule has 6 heteroatoms. The quantitative estimate of drug-likeness (QED) is 0.243. The standard InChI is InChI=1S/C20H41N5.HI/c1-4-5-6-8-13-22-19(21-2)23-18-20(11-16-24(3)17-12-20)25-14-9-7-10-15-25;/h4-18H2,1-3H3,(H2,21,22,23);1H. The summed E-state index contributed by atoms with van der Waals surface area (Å²) in [7, 11) is 4.15. The number of unbranched alkanes of at least 4 members (excludes halogenated alkanes) is 3. The third-order valence-corrected chi connectivity index (χ3v) is 6.08. The van der Waals surface area contributed by atoms with Gasteiger partial charge in [0.25, 0.3) is 0 Å². The van der Waals surface area contributed by atoms with Crippen LogP contribution >= 0.6 is 24.0 Å². The van der Waals surface area contributed by atoms with Gasteiger partial charge < -0.3 is 15.5 Å². The molecule has 2 fully saturated rings. The summed E-state index contributed by atoms with van der Waals surface area (Å²) in [5.41, 5.74) is 0.312. The van der Waals surface area contributed by atoms with Crippen LogP contribution in [0.15, 0.2) is 4.99 Å². The maximum atomic E-state index is 4.45. The lowest BCUT2D eigenvalue weighted by Crippen LogP contribution is -2.62. The smallest absolute Gasteiger partial charge is 0.191 e. The zero-order valence-electron chi connectivity index (χ0n) is 17.4. The molecule has 0 aromatic rings. The number of halogens is 1. The number of piperidine rings is 2. The summed E-state index contributed by atoms with van der Waals surface area (Å²) in [5, 5.41) is 7.17. The Morgan fingerprint density at radius 2 is 1.65 bits per heavy atom. The number of rotatable bonds is 8. The molecule has 0 amide bonds. The van der Waals surface area contributed by atoms with Gasteiger partial charge >= 0.3 is 0 Å². The van der Waals surface area contributed by atoms with E-state index in [4.69, 9.17) is 0 Å². The van der Waals surface area contributed by atoms with Crippen molar-refractivity contribution < 1.29 is 0 Å². The van der Waals surface area contributed by atoms with Gasteiger partial charge in [-0.25, -0.2) is 0 Å². The second-order valence-electron chi connectivity index (χ2n) is 7.99. The highest BCUT2D eigenvalue weighted by molar-refractivity contribution is 14.0. The molecular formula is C20H42IN5. The van der Waals surface area contributed by atoms with Gasteiger partial charge in [0.2, 0.25) is 0 Å². The van der Waals surface area contributed by atoms with Gasteiger partial charge in [0.05, 0.1) is 0 Å². The Labute approximate surface area is 178 Å². The molecule has 2 heterocycles. The highest BCUT2D eigenvalue weighted by Gasteiger charge is 2.39. The minimum absolute atomic E-state index is 0. The summed E-state index contributed by atoms with van der Waals surface area (Å²) >= 11 is 0. The molecule has 0 spiro atoms. The largest absolute Gasteiger partial charge is 0.356 e. The summed E-state index contributed by atoms with van der Waals surface area (Å²) in [6.45, 7) is 9.27. The number of nitrogens with one attached hydrogen (secondary N) is 2. The molecule has 0 atom stereocenters. The minimum Gasteiger partial charge on any atom is -0.356 e. The molecule has 2 aliphatic heterocycles. The Bertz CT molecular complexity index is 388. The first-order valence-electron chi connectivity index (χ1n) is 10.6. The van der Waals surface area contributed by atoms with Gasteiger partial charge in [-0.2, -0.15) is 0 Å². The van der Waals surface area contributed by atoms with Gasteiger partial charge in [0.1, 0.15) is 0 Å². The van der Waals surface area contributed by atoms with E-state index in [9.17, 15) is 0 Å². The van der Waals surface area contributed by atoms with E-state index in [1.165, 1.54) is 84.0 Å². The lowest BCUT2D eigenvalue weighted by molar-refractivity contribution is 0.0173. The Morgan fingerprint density at radius 1 is 0.962 bits per heavy atom. The van der Waals surface area contributed by atoms with Crippen LogP contribution in [0.3, 0.4) is 0 Å². The van der Waals surface area contributed by atoms with Crippen LogP contribution in [0.5, 0.6) is 0 Å². The van der Waals surface area contributed by atoms with Crippen molar-refractivity contribution in [3.63, 3.8) is 0 Å². The van der Waals surface area contributed by atoms with Crippen molar-refractivity contribution in [3.8, 4) is 0 Å². The third kappa shape index (κ3) is 7.50. The molecule has 0 radical (unpaired) electrons. The predicted molar refractivity (Wildman–Crippen MR) is 124 cm³/mol. The molecule has 0 aromatic carbocycles. The second kappa shape index (κ2) is 13.2. The van der Waals surface area contributed by atoms with Crippen molar-refractivity contribution in [2.45, 2.75) is 70.3 Å². The fourth-order valence-electron chi connectivity index (χ4n) is 4.24. The number of aliphatic imine (C=N–C) groups is 1. The van der Waals surface area contributed by atoms with Gasteiger partial charge in [-0.15, -0.1) is 24.0 Å². The van der Waals surface area contributed by atoms with Crippen LogP contribution in [0, 0.1) is 0 Å². The van der Waals surface area contributed by atoms with Crippen LogP contribution in [0.25, 0.3) is 0 Å². The van der Waals surface area contributed by atoms with Gasteiger partial charge in [-0.1, -0.05) is 32.6 Å². The lowest BCUT2D eigenvalue weighted by atomic mass is 9.84. The lowest BCUT2D eigenvalue weighted by Gasteiger charge is -2.50. The first kappa shape index (κ1) is 24.0. The maximum Gasteiger partial charge on any atom is 0.191 e. The monoisotopic (exact) mass is 479 g/mol. The number of guanidine groups is 1. The SMILES string of the molecule is CCCCCCNC(=NC)NCC1(N2CCCCC2)CCN(C)CC1.I. The van der Waals surface area contributed by atoms with E-state index in [-0.39, 0.29) is 24.0 Å². The van der Waals surface area contributed by atoms with E-state index < -0.39 is 0 Å². The van der Waals surface area contributed by atoms with Crippen LogP contribution in [0.1, 0.15) is 64.7 Å². The molecule has 0 aliphatic carbocycles. The molecule has 2 saturated heterocycles. The van der Waals surface area contributed by atoms with Crippen molar-refractivity contribution in [1.29, 1.82) is 0 Å². The molecule has 0 aromatic heterocycles. The predicted octanol–water partition coefficient (Wildman–Crippen LogP) is 3.30. The molecule has 154 valence electrons. The normalized spacial score (nSPS) is 21.9. The van der Waals surface area contributed by atoms with Gasteiger partial charge in [-0.3, -0.25) is 9.89 Å². The zero-order valence-corrected chi connectivity index (χ0v) is 19.7. The summed E-state index contributed by atoms with van der Waals surface area (Å²) in [6.07, 6.45) is 11.8. The Morgan fingerprint density at radius 3 is 2.27 bits per heavy atom. The third-order valence-electron chi connectivity index (χ3n) is 6.08. The van der Waals surface area contributed by atoms with Crippen molar-refractivity contribution in [2.24, 2.45) is 4.99 Å². The second-order valence-corrected chi connectivity index (χ2v) is 7.99. The number of likely N-dealkylation sites (tertiary alicyclic amines) is 2. The van der Waals surface area contributed by atoms with Crippen molar-refractivity contribution in [3.05, 3.63) is 0 Å². The van der Waals surface area contributed by atoms with E-state index in [0.717, 1.165) is 19.0 Å². The molecule has 26 heavy (non-hydrogen) atoms. The van der Waals surface area contributed by atoms with Crippen LogP contribution in [-0.2, 0) is 0 Å². The average Bonchev–Trinajstić information content (AvgIpc) is 2.66. The van der Waals surface area contributed by atoms with E-state index in [1.54, 1.807) is 0 Å². The minimum atomic E-state index is 0.